The standard InChI is InChI=1S/C26H24FNO/c1-15(29)18-12-23-20-5-2-4-17(20)14-28-25(16-8-10-19(27)11-9-16)22-7-3-6-21(22)24(13-18)26(23)28/h2-3,5-6,8-13,17,20-22,25H,4,7,14H2,1H3/t17-,20+,21-,22+,25+/m1/s1. The van der Waals surface area contributed by atoms with E-state index in [1.54, 1.807) is 19.1 Å². The third-order valence-electron chi connectivity index (χ3n) is 7.47. The Hall–Kier alpha value is -2.68. The maximum Gasteiger partial charge on any atom is 0.159 e. The minimum absolute atomic E-state index is 0.138. The topological polar surface area (TPSA) is 20.3 Å². The van der Waals surface area contributed by atoms with Crippen LogP contribution >= 0.6 is 0 Å². The molecule has 0 bridgehead atoms. The Labute approximate surface area is 170 Å². The van der Waals surface area contributed by atoms with Crippen LogP contribution in [0.15, 0.2) is 60.7 Å². The predicted molar refractivity (Wildman–Crippen MR) is 113 cm³/mol. The number of allylic oxidation sites excluding steroid dienone is 4. The van der Waals surface area contributed by atoms with E-state index in [0.29, 0.717) is 23.7 Å². The van der Waals surface area contributed by atoms with Crippen molar-refractivity contribution in [2.24, 2.45) is 11.8 Å². The van der Waals surface area contributed by atoms with E-state index in [9.17, 15) is 9.18 Å². The average molecular weight is 385 g/mol. The van der Waals surface area contributed by atoms with E-state index in [2.05, 4.69) is 41.3 Å². The zero-order valence-electron chi connectivity index (χ0n) is 16.5. The van der Waals surface area contributed by atoms with Crippen molar-refractivity contribution in [2.45, 2.75) is 37.6 Å². The summed E-state index contributed by atoms with van der Waals surface area (Å²) in [5, 5.41) is 0. The molecule has 0 spiro atoms. The second kappa shape index (κ2) is 6.16. The van der Waals surface area contributed by atoms with E-state index in [4.69, 9.17) is 0 Å². The zero-order chi connectivity index (χ0) is 19.7. The van der Waals surface area contributed by atoms with Crippen LogP contribution in [0.25, 0.3) is 0 Å². The molecule has 0 N–H and O–H groups in total. The molecule has 29 heavy (non-hydrogen) atoms. The number of halogens is 1. The Bertz CT molecular complexity index is 1050. The molecular formula is C26H24FNO. The molecular weight excluding hydrogens is 361 g/mol. The third kappa shape index (κ3) is 2.43. The highest BCUT2D eigenvalue weighted by Crippen LogP contribution is 2.58. The molecule has 0 saturated heterocycles. The lowest BCUT2D eigenvalue weighted by atomic mass is 9.70. The Morgan fingerprint density at radius 3 is 2.45 bits per heavy atom. The highest BCUT2D eigenvalue weighted by Gasteiger charge is 2.47. The molecule has 2 aliphatic heterocycles. The number of hydrogen-bond donors (Lipinski definition) is 0. The van der Waals surface area contributed by atoms with Gasteiger partial charge < -0.3 is 4.90 Å². The quantitative estimate of drug-likeness (QED) is 0.472. The van der Waals surface area contributed by atoms with Crippen molar-refractivity contribution in [2.75, 3.05) is 11.4 Å². The molecule has 2 nitrogen and oxygen atoms in total. The van der Waals surface area contributed by atoms with E-state index >= 15 is 0 Å². The number of Topliss-reactive ketones (excluding diaryl/α,β-unsaturated/α-hetero) is 1. The molecule has 2 heterocycles. The highest BCUT2D eigenvalue weighted by atomic mass is 19.1. The van der Waals surface area contributed by atoms with Gasteiger partial charge in [0.05, 0.1) is 6.04 Å². The van der Waals surface area contributed by atoms with E-state index in [0.717, 1.165) is 24.9 Å². The molecule has 146 valence electrons. The number of fused-ring (bicyclic) bond motifs is 4. The van der Waals surface area contributed by atoms with Gasteiger partial charge >= 0.3 is 0 Å². The van der Waals surface area contributed by atoms with E-state index in [1.807, 2.05) is 12.1 Å². The predicted octanol–water partition coefficient (Wildman–Crippen LogP) is 5.92. The largest absolute Gasteiger partial charge is 0.363 e. The van der Waals surface area contributed by atoms with Crippen molar-refractivity contribution in [1.29, 1.82) is 0 Å². The SMILES string of the molecule is CC(=O)c1cc2c3c(c1)[C@@H]1C=CC[C@@H]1[C@H](c1ccc(F)cc1)N3C[C@H]1CC=C[C@H]21. The minimum atomic E-state index is -0.184. The van der Waals surface area contributed by atoms with Crippen molar-refractivity contribution in [3.8, 4) is 0 Å². The summed E-state index contributed by atoms with van der Waals surface area (Å²) in [5.41, 5.74) is 5.97. The van der Waals surface area contributed by atoms with Crippen molar-refractivity contribution in [3.63, 3.8) is 0 Å². The van der Waals surface area contributed by atoms with Gasteiger partial charge in [0.1, 0.15) is 5.82 Å². The highest BCUT2D eigenvalue weighted by molar-refractivity contribution is 5.95. The first kappa shape index (κ1) is 17.2. The van der Waals surface area contributed by atoms with Crippen LogP contribution in [0.1, 0.15) is 64.7 Å². The molecule has 0 radical (unpaired) electrons. The van der Waals surface area contributed by atoms with Gasteiger partial charge in [-0.05, 0) is 72.6 Å². The second-order valence-electron chi connectivity index (χ2n) is 9.01. The smallest absolute Gasteiger partial charge is 0.159 e. The lowest BCUT2D eigenvalue weighted by molar-refractivity contribution is 0.101. The van der Waals surface area contributed by atoms with Crippen LogP contribution in [-0.2, 0) is 0 Å². The first-order valence-corrected chi connectivity index (χ1v) is 10.7. The van der Waals surface area contributed by atoms with Crippen LogP contribution in [0.4, 0.5) is 10.1 Å². The number of hydrogen-bond acceptors (Lipinski definition) is 2. The fourth-order valence-electron chi connectivity index (χ4n) is 6.22. The number of carbonyl (C=O) groups is 1. The summed E-state index contributed by atoms with van der Waals surface area (Å²) in [7, 11) is 0. The first-order chi connectivity index (χ1) is 14.1. The Morgan fingerprint density at radius 2 is 1.69 bits per heavy atom. The minimum Gasteiger partial charge on any atom is -0.363 e. The number of anilines is 1. The van der Waals surface area contributed by atoms with Gasteiger partial charge in [-0.15, -0.1) is 0 Å². The summed E-state index contributed by atoms with van der Waals surface area (Å²) in [6, 6.07) is 11.6. The first-order valence-electron chi connectivity index (χ1n) is 10.7. The molecule has 0 aromatic heterocycles. The van der Waals surface area contributed by atoms with Gasteiger partial charge in [0, 0.05) is 29.6 Å². The molecule has 5 atom stereocenters. The lowest BCUT2D eigenvalue weighted by Crippen LogP contribution is -2.46. The molecule has 2 aromatic rings. The van der Waals surface area contributed by atoms with Gasteiger partial charge in [0.2, 0.25) is 0 Å². The number of carbonyl (C=O) groups excluding carboxylic acids is 1. The third-order valence-corrected chi connectivity index (χ3v) is 7.47. The van der Waals surface area contributed by atoms with Crippen LogP contribution in [0.5, 0.6) is 0 Å². The number of rotatable bonds is 2. The van der Waals surface area contributed by atoms with Gasteiger partial charge in [-0.1, -0.05) is 36.4 Å². The maximum absolute atomic E-state index is 13.6. The summed E-state index contributed by atoms with van der Waals surface area (Å²) in [4.78, 5) is 14.9. The lowest BCUT2D eigenvalue weighted by Gasteiger charge is -2.51. The molecule has 2 aromatic carbocycles. The Balaban J connectivity index is 1.59. The summed E-state index contributed by atoms with van der Waals surface area (Å²) in [5.74, 6) is 1.64. The van der Waals surface area contributed by atoms with Crippen molar-refractivity contribution >= 4 is 11.5 Å². The van der Waals surface area contributed by atoms with E-state index < -0.39 is 0 Å². The molecule has 0 fully saturated rings. The van der Waals surface area contributed by atoms with Crippen molar-refractivity contribution in [1.82, 2.24) is 0 Å². The van der Waals surface area contributed by atoms with Gasteiger partial charge in [-0.2, -0.15) is 0 Å². The van der Waals surface area contributed by atoms with Crippen molar-refractivity contribution in [3.05, 3.63) is 88.8 Å². The summed E-state index contributed by atoms with van der Waals surface area (Å²) in [6.45, 7) is 2.69. The molecule has 2 aliphatic carbocycles. The van der Waals surface area contributed by atoms with Gasteiger partial charge in [-0.25, -0.2) is 4.39 Å². The summed E-state index contributed by atoms with van der Waals surface area (Å²) >= 11 is 0. The van der Waals surface area contributed by atoms with Gasteiger partial charge in [0.25, 0.3) is 0 Å². The van der Waals surface area contributed by atoms with E-state index in [1.165, 1.54) is 22.4 Å². The van der Waals surface area contributed by atoms with Crippen molar-refractivity contribution < 1.29 is 9.18 Å². The monoisotopic (exact) mass is 385 g/mol. The van der Waals surface area contributed by atoms with Crippen LogP contribution in [0.3, 0.4) is 0 Å². The summed E-state index contributed by atoms with van der Waals surface area (Å²) < 4.78 is 13.6. The van der Waals surface area contributed by atoms with E-state index in [-0.39, 0.29) is 17.6 Å². The summed E-state index contributed by atoms with van der Waals surface area (Å²) in [6.07, 6.45) is 11.4. The second-order valence-corrected chi connectivity index (χ2v) is 9.01. The molecule has 3 heteroatoms. The van der Waals surface area contributed by atoms with Gasteiger partial charge in [-0.3, -0.25) is 4.79 Å². The Kier molecular flexibility index (Phi) is 3.65. The zero-order valence-corrected chi connectivity index (χ0v) is 16.5. The van der Waals surface area contributed by atoms with Crippen LogP contribution in [-0.4, -0.2) is 12.3 Å². The number of nitrogens with zero attached hydrogens (tertiary/aromatic N) is 1. The Morgan fingerprint density at radius 1 is 1.00 bits per heavy atom. The van der Waals surface area contributed by atoms with Gasteiger partial charge in [0.15, 0.2) is 5.78 Å². The number of ketones is 1. The normalized spacial score (nSPS) is 30.8. The molecule has 0 saturated carbocycles. The molecule has 0 unspecified atom stereocenters. The van der Waals surface area contributed by atoms with Crippen LogP contribution in [0, 0.1) is 17.7 Å². The molecule has 0 amide bonds. The van der Waals surface area contributed by atoms with Crippen LogP contribution in [0.2, 0.25) is 0 Å². The molecule has 6 rings (SSSR count). The fourth-order valence-corrected chi connectivity index (χ4v) is 6.22. The maximum atomic E-state index is 13.6. The number of benzene rings is 2. The average Bonchev–Trinajstić information content (AvgIpc) is 3.38. The fraction of sp³-hybridized carbons (Fsp3) is 0.346. The van der Waals surface area contributed by atoms with Crippen LogP contribution < -0.4 is 4.90 Å². The molecule has 4 aliphatic rings.